The third kappa shape index (κ3) is 5.85. The van der Waals surface area contributed by atoms with Gasteiger partial charge in [-0.2, -0.15) is 0 Å². The summed E-state index contributed by atoms with van der Waals surface area (Å²) in [5.74, 6) is -0.197. The number of aryl methyl sites for hydroxylation is 2. The molecule has 0 unspecified atom stereocenters. The quantitative estimate of drug-likeness (QED) is 0.356. The molecule has 9 heteroatoms. The van der Waals surface area contributed by atoms with E-state index in [1.807, 2.05) is 26.0 Å². The zero-order valence-electron chi connectivity index (χ0n) is 18.4. The van der Waals surface area contributed by atoms with Crippen molar-refractivity contribution in [2.45, 2.75) is 19.9 Å². The maximum atomic E-state index is 13.1. The highest BCUT2D eigenvalue weighted by molar-refractivity contribution is 6.00. The fraction of sp³-hybridized carbons (Fsp3) is 0.167. The number of amides is 3. The first kappa shape index (κ1) is 23.3. The van der Waals surface area contributed by atoms with Crippen LogP contribution in [0.3, 0.4) is 0 Å². The molecule has 1 atom stereocenters. The lowest BCUT2D eigenvalue weighted by Crippen LogP contribution is -2.39. The molecular formula is C24H24N4O5. The molecule has 0 aliphatic carbocycles. The SMILES string of the molecule is COc1ccc([N+](=O)[O-])cc1NC(=O)N[C@@H](C(=O)Nc1ccc(C)c(C)c1)c1ccccc1. The predicted octanol–water partition coefficient (Wildman–Crippen LogP) is 4.72. The summed E-state index contributed by atoms with van der Waals surface area (Å²) >= 11 is 0. The van der Waals surface area contributed by atoms with Crippen molar-refractivity contribution in [3.05, 3.63) is 93.5 Å². The van der Waals surface area contributed by atoms with Crippen LogP contribution in [0.15, 0.2) is 66.7 Å². The van der Waals surface area contributed by atoms with Crippen LogP contribution in [0.4, 0.5) is 21.9 Å². The van der Waals surface area contributed by atoms with Crippen LogP contribution < -0.4 is 20.7 Å². The molecule has 170 valence electrons. The number of rotatable bonds is 7. The highest BCUT2D eigenvalue weighted by Crippen LogP contribution is 2.29. The normalized spacial score (nSPS) is 11.2. The Hall–Kier alpha value is -4.40. The van der Waals surface area contributed by atoms with Gasteiger partial charge in [0.05, 0.1) is 17.7 Å². The Morgan fingerprint density at radius 2 is 1.67 bits per heavy atom. The van der Waals surface area contributed by atoms with Crippen molar-refractivity contribution in [1.29, 1.82) is 0 Å². The summed E-state index contributed by atoms with van der Waals surface area (Å²) in [6.45, 7) is 3.92. The highest BCUT2D eigenvalue weighted by atomic mass is 16.6. The van der Waals surface area contributed by atoms with Gasteiger partial charge in [0.1, 0.15) is 11.8 Å². The first-order valence-corrected chi connectivity index (χ1v) is 10.1. The fourth-order valence-electron chi connectivity index (χ4n) is 3.18. The highest BCUT2D eigenvalue weighted by Gasteiger charge is 2.24. The summed E-state index contributed by atoms with van der Waals surface area (Å²) in [6.07, 6.45) is 0. The van der Waals surface area contributed by atoms with E-state index < -0.39 is 22.9 Å². The lowest BCUT2D eigenvalue weighted by Gasteiger charge is -2.20. The summed E-state index contributed by atoms with van der Waals surface area (Å²) in [4.78, 5) is 36.4. The number of urea groups is 1. The molecule has 0 aliphatic rings. The van der Waals surface area contributed by atoms with Gasteiger partial charge in [-0.3, -0.25) is 14.9 Å². The van der Waals surface area contributed by atoms with Gasteiger partial charge in [-0.15, -0.1) is 0 Å². The average molecular weight is 448 g/mol. The minimum Gasteiger partial charge on any atom is -0.495 e. The zero-order valence-corrected chi connectivity index (χ0v) is 18.4. The smallest absolute Gasteiger partial charge is 0.320 e. The second-order valence-electron chi connectivity index (χ2n) is 7.37. The molecule has 0 fully saturated rings. The molecule has 0 aromatic heterocycles. The van der Waals surface area contributed by atoms with E-state index in [1.165, 1.54) is 25.3 Å². The number of hydrogen-bond donors (Lipinski definition) is 3. The third-order valence-electron chi connectivity index (χ3n) is 5.09. The first-order valence-electron chi connectivity index (χ1n) is 10.1. The Balaban J connectivity index is 1.83. The van der Waals surface area contributed by atoms with E-state index in [2.05, 4.69) is 16.0 Å². The largest absolute Gasteiger partial charge is 0.495 e. The maximum absolute atomic E-state index is 13.1. The number of anilines is 2. The van der Waals surface area contributed by atoms with Crippen molar-refractivity contribution in [3.63, 3.8) is 0 Å². The number of nitro groups is 1. The van der Waals surface area contributed by atoms with Crippen LogP contribution in [-0.4, -0.2) is 24.0 Å². The fourth-order valence-corrected chi connectivity index (χ4v) is 3.18. The van der Waals surface area contributed by atoms with Gasteiger partial charge in [0, 0.05) is 17.8 Å². The Bertz CT molecular complexity index is 1180. The molecule has 3 aromatic carbocycles. The van der Waals surface area contributed by atoms with Crippen LogP contribution in [0, 0.1) is 24.0 Å². The molecule has 0 spiro atoms. The van der Waals surface area contributed by atoms with Crippen molar-refractivity contribution >= 4 is 29.0 Å². The van der Waals surface area contributed by atoms with Crippen molar-refractivity contribution in [3.8, 4) is 5.75 Å². The molecule has 0 saturated heterocycles. The van der Waals surface area contributed by atoms with Gasteiger partial charge in [-0.05, 0) is 48.7 Å². The average Bonchev–Trinajstić information content (AvgIpc) is 2.80. The van der Waals surface area contributed by atoms with E-state index in [1.54, 1.807) is 36.4 Å². The second-order valence-corrected chi connectivity index (χ2v) is 7.37. The lowest BCUT2D eigenvalue weighted by atomic mass is 10.1. The van der Waals surface area contributed by atoms with E-state index in [0.29, 0.717) is 11.3 Å². The van der Waals surface area contributed by atoms with Gasteiger partial charge in [-0.1, -0.05) is 36.4 Å². The Labute approximate surface area is 190 Å². The number of nitrogens with zero attached hydrogens (tertiary/aromatic N) is 1. The van der Waals surface area contributed by atoms with Crippen LogP contribution >= 0.6 is 0 Å². The summed E-state index contributed by atoms with van der Waals surface area (Å²) < 4.78 is 5.17. The van der Waals surface area contributed by atoms with Crippen LogP contribution in [0.25, 0.3) is 0 Å². The number of nitro benzene ring substituents is 1. The van der Waals surface area contributed by atoms with Crippen molar-refractivity contribution in [2.75, 3.05) is 17.7 Å². The molecule has 3 amide bonds. The van der Waals surface area contributed by atoms with E-state index in [9.17, 15) is 19.7 Å². The Morgan fingerprint density at radius 1 is 0.939 bits per heavy atom. The monoisotopic (exact) mass is 448 g/mol. The molecule has 0 heterocycles. The molecule has 3 N–H and O–H groups in total. The summed E-state index contributed by atoms with van der Waals surface area (Å²) in [5.41, 5.74) is 3.18. The number of methoxy groups -OCH3 is 1. The van der Waals surface area contributed by atoms with Crippen LogP contribution in [0.2, 0.25) is 0 Å². The molecule has 3 aromatic rings. The van der Waals surface area contributed by atoms with Crippen LogP contribution in [0.1, 0.15) is 22.7 Å². The standard InChI is InChI=1S/C24H24N4O5/c1-15-9-10-18(13-16(15)2)25-23(29)22(17-7-5-4-6-8-17)27-24(30)26-20-14-19(28(31)32)11-12-21(20)33-3/h4-14,22H,1-3H3,(H,25,29)(H2,26,27,30)/t22-/m1/s1. The van der Waals surface area contributed by atoms with Gasteiger partial charge in [0.2, 0.25) is 0 Å². The third-order valence-corrected chi connectivity index (χ3v) is 5.09. The molecule has 0 bridgehead atoms. The number of ether oxygens (including phenoxy) is 1. The molecule has 0 aliphatic heterocycles. The summed E-state index contributed by atoms with van der Waals surface area (Å²) in [6, 6.07) is 16.4. The molecule has 3 rings (SSSR count). The minimum atomic E-state index is -1.02. The van der Waals surface area contributed by atoms with E-state index in [-0.39, 0.29) is 17.1 Å². The molecule has 0 saturated carbocycles. The van der Waals surface area contributed by atoms with Crippen molar-refractivity contribution in [2.24, 2.45) is 0 Å². The predicted molar refractivity (Wildman–Crippen MR) is 126 cm³/mol. The molecule has 0 radical (unpaired) electrons. The van der Waals surface area contributed by atoms with E-state index >= 15 is 0 Å². The molecule has 33 heavy (non-hydrogen) atoms. The number of non-ortho nitro benzene ring substituents is 1. The zero-order chi connectivity index (χ0) is 24.0. The van der Waals surface area contributed by atoms with Gasteiger partial charge in [-0.25, -0.2) is 4.79 Å². The van der Waals surface area contributed by atoms with Crippen molar-refractivity contribution < 1.29 is 19.2 Å². The number of benzene rings is 3. The second kappa shape index (κ2) is 10.3. The Kier molecular flexibility index (Phi) is 7.24. The van der Waals surface area contributed by atoms with E-state index in [0.717, 1.165) is 11.1 Å². The summed E-state index contributed by atoms with van der Waals surface area (Å²) in [7, 11) is 1.38. The number of nitrogens with one attached hydrogen (secondary N) is 3. The molecule has 9 nitrogen and oxygen atoms in total. The number of carbonyl (C=O) groups is 2. The van der Waals surface area contributed by atoms with Crippen molar-refractivity contribution in [1.82, 2.24) is 5.32 Å². The number of hydrogen-bond acceptors (Lipinski definition) is 5. The van der Waals surface area contributed by atoms with Gasteiger partial charge in [0.25, 0.3) is 11.6 Å². The molecular weight excluding hydrogens is 424 g/mol. The summed E-state index contributed by atoms with van der Waals surface area (Å²) in [5, 5.41) is 19.1. The Morgan fingerprint density at radius 3 is 2.30 bits per heavy atom. The lowest BCUT2D eigenvalue weighted by molar-refractivity contribution is -0.384. The van der Waals surface area contributed by atoms with Gasteiger partial charge < -0.3 is 20.7 Å². The first-order chi connectivity index (χ1) is 15.8. The van der Waals surface area contributed by atoms with Gasteiger partial charge in [0.15, 0.2) is 0 Å². The topological polar surface area (TPSA) is 123 Å². The van der Waals surface area contributed by atoms with Crippen LogP contribution in [0.5, 0.6) is 5.75 Å². The van der Waals surface area contributed by atoms with Crippen LogP contribution in [-0.2, 0) is 4.79 Å². The number of carbonyl (C=O) groups excluding carboxylic acids is 2. The van der Waals surface area contributed by atoms with Gasteiger partial charge >= 0.3 is 6.03 Å². The maximum Gasteiger partial charge on any atom is 0.320 e. The minimum absolute atomic E-state index is 0.102. The van der Waals surface area contributed by atoms with E-state index in [4.69, 9.17) is 4.74 Å².